The summed E-state index contributed by atoms with van der Waals surface area (Å²) in [7, 11) is 3.14. The number of hydrogen-bond acceptors (Lipinski definition) is 8. The van der Waals surface area contributed by atoms with E-state index in [1.165, 1.54) is 18.9 Å². The number of rotatable bonds is 10. The fraction of sp³-hybridized carbons (Fsp3) is 0.464. The van der Waals surface area contributed by atoms with E-state index in [1.807, 2.05) is 12.1 Å². The van der Waals surface area contributed by atoms with Crippen molar-refractivity contribution in [1.82, 2.24) is 15.3 Å². The van der Waals surface area contributed by atoms with Crippen molar-refractivity contribution in [2.24, 2.45) is 5.92 Å². The Bertz CT molecular complexity index is 1310. The van der Waals surface area contributed by atoms with Gasteiger partial charge in [0.15, 0.2) is 0 Å². The van der Waals surface area contributed by atoms with Crippen molar-refractivity contribution in [2.45, 2.75) is 42.6 Å². The number of aromatic nitrogens is 2. The van der Waals surface area contributed by atoms with Gasteiger partial charge in [0.05, 0.1) is 49.6 Å². The van der Waals surface area contributed by atoms with E-state index >= 15 is 0 Å². The molecule has 2 aromatic rings. The maximum absolute atomic E-state index is 11.9. The zero-order chi connectivity index (χ0) is 27.5. The number of fused-ring (bicyclic) bond motifs is 1. The number of nitrogens with one attached hydrogen (secondary N) is 3. The Hall–Kier alpha value is -3.01. The molecule has 0 bridgehead atoms. The van der Waals surface area contributed by atoms with Gasteiger partial charge in [-0.3, -0.25) is 4.79 Å². The Morgan fingerprint density at radius 2 is 2.05 bits per heavy atom. The van der Waals surface area contributed by atoms with Gasteiger partial charge in [0.2, 0.25) is 5.91 Å². The summed E-state index contributed by atoms with van der Waals surface area (Å²) in [6, 6.07) is 3.69. The molecule has 0 aromatic carbocycles. The van der Waals surface area contributed by atoms with Gasteiger partial charge in [-0.25, -0.2) is 9.97 Å². The molecule has 9 nitrogen and oxygen atoms in total. The van der Waals surface area contributed by atoms with E-state index in [2.05, 4.69) is 27.5 Å². The fourth-order valence-electron chi connectivity index (χ4n) is 4.92. The fourth-order valence-corrected chi connectivity index (χ4v) is 5.76. The minimum Gasteiger partial charge on any atom is -0.499 e. The number of ether oxygens (including phenoxy) is 3. The topological polar surface area (TPSA) is 107 Å². The Kier molecular flexibility index (Phi) is 8.49. The first-order chi connectivity index (χ1) is 18.9. The summed E-state index contributed by atoms with van der Waals surface area (Å²) in [5, 5.41) is 11.7. The van der Waals surface area contributed by atoms with Gasteiger partial charge in [-0.2, -0.15) is 0 Å². The first-order valence-electron chi connectivity index (χ1n) is 13.1. The highest BCUT2D eigenvalue weighted by Gasteiger charge is 2.36. The first kappa shape index (κ1) is 27.6. The minimum atomic E-state index is -0.550. The second kappa shape index (κ2) is 12.0. The SMILES string of the molecule is C=CC(=O)N[C@H]1CCOC[C@H]1Nc1cc2c(NCC3CC3)nc(C3C(Cl)=C(OC)C=C(OC)C3Cl)cc2cn1. The van der Waals surface area contributed by atoms with Crippen LogP contribution in [0.5, 0.6) is 0 Å². The predicted molar refractivity (Wildman–Crippen MR) is 153 cm³/mol. The number of carbonyl (C=O) groups is 1. The minimum absolute atomic E-state index is 0.103. The summed E-state index contributed by atoms with van der Waals surface area (Å²) in [5.74, 6) is 2.42. The summed E-state index contributed by atoms with van der Waals surface area (Å²) in [5.41, 5.74) is 0.693. The van der Waals surface area contributed by atoms with Crippen LogP contribution in [0.2, 0.25) is 0 Å². The summed E-state index contributed by atoms with van der Waals surface area (Å²) < 4.78 is 16.7. The van der Waals surface area contributed by atoms with Gasteiger partial charge >= 0.3 is 0 Å². The van der Waals surface area contributed by atoms with Crippen LogP contribution in [0.4, 0.5) is 11.6 Å². The second-order valence-corrected chi connectivity index (χ2v) is 10.9. The quantitative estimate of drug-likeness (QED) is 0.278. The Morgan fingerprint density at radius 3 is 2.77 bits per heavy atom. The molecule has 2 unspecified atom stereocenters. The number of methoxy groups -OCH3 is 2. The highest BCUT2D eigenvalue weighted by atomic mass is 35.5. The van der Waals surface area contributed by atoms with Crippen LogP contribution in [0.15, 0.2) is 53.6 Å². The van der Waals surface area contributed by atoms with Gasteiger partial charge < -0.3 is 30.2 Å². The highest BCUT2D eigenvalue weighted by Crippen LogP contribution is 2.43. The molecule has 208 valence electrons. The Morgan fingerprint density at radius 1 is 1.23 bits per heavy atom. The molecule has 3 heterocycles. The molecular weight excluding hydrogens is 541 g/mol. The van der Waals surface area contributed by atoms with Crippen LogP contribution in [0, 0.1) is 5.92 Å². The van der Waals surface area contributed by atoms with Crippen LogP contribution in [-0.2, 0) is 19.0 Å². The third kappa shape index (κ3) is 6.10. The maximum atomic E-state index is 11.9. The van der Waals surface area contributed by atoms with Crippen molar-refractivity contribution in [3.8, 4) is 0 Å². The van der Waals surface area contributed by atoms with Gasteiger partial charge in [0.25, 0.3) is 0 Å². The third-order valence-corrected chi connectivity index (χ3v) is 8.20. The number of pyridine rings is 2. The lowest BCUT2D eigenvalue weighted by atomic mass is 9.92. The van der Waals surface area contributed by atoms with Crippen LogP contribution >= 0.6 is 23.2 Å². The molecule has 4 atom stereocenters. The lowest BCUT2D eigenvalue weighted by Crippen LogP contribution is -2.52. The number of alkyl halides is 1. The van der Waals surface area contributed by atoms with E-state index in [0.717, 1.165) is 23.1 Å². The number of hydrogen-bond donors (Lipinski definition) is 3. The van der Waals surface area contributed by atoms with Crippen molar-refractivity contribution in [1.29, 1.82) is 0 Å². The zero-order valence-electron chi connectivity index (χ0n) is 22.0. The van der Waals surface area contributed by atoms with Crippen molar-refractivity contribution >= 4 is 51.5 Å². The van der Waals surface area contributed by atoms with E-state index in [-0.39, 0.29) is 18.0 Å². The van der Waals surface area contributed by atoms with E-state index in [9.17, 15) is 4.79 Å². The normalized spacial score (nSPS) is 25.1. The molecule has 2 aliphatic carbocycles. The largest absolute Gasteiger partial charge is 0.499 e. The summed E-state index contributed by atoms with van der Waals surface area (Å²) in [6.07, 6.45) is 7.91. The molecule has 5 rings (SSSR count). The smallest absolute Gasteiger partial charge is 0.243 e. The lowest BCUT2D eigenvalue weighted by molar-refractivity contribution is -0.117. The lowest BCUT2D eigenvalue weighted by Gasteiger charge is -2.33. The van der Waals surface area contributed by atoms with Crippen molar-refractivity contribution < 1.29 is 19.0 Å². The number of carbonyl (C=O) groups excluding carboxylic acids is 1. The molecule has 1 amide bonds. The molecule has 2 fully saturated rings. The van der Waals surface area contributed by atoms with E-state index < -0.39 is 11.3 Å². The van der Waals surface area contributed by atoms with Crippen LogP contribution in [-0.4, -0.2) is 67.3 Å². The summed E-state index contributed by atoms with van der Waals surface area (Å²) >= 11 is 13.6. The standard InChI is InChI=1S/C28H33Cl2N5O4/c1-4-24(36)34-18-7-8-39-14-20(18)33-23-10-17-16(13-31-23)9-19(35-28(17)32-12-15-5-6-15)25-26(29)21(37-2)11-22(38-3)27(25)30/h4,9-11,13,15,18,20,25-26H,1,5-8,12,14H2,2-3H3,(H,31,33)(H,32,35)(H,34,36)/t18-,20+,25?,26?/m0/s1. The number of allylic oxidation sites excluding steroid dienone is 3. The van der Waals surface area contributed by atoms with Crippen molar-refractivity contribution in [3.63, 3.8) is 0 Å². The van der Waals surface area contributed by atoms with E-state index in [1.54, 1.807) is 26.5 Å². The van der Waals surface area contributed by atoms with E-state index in [4.69, 9.17) is 42.4 Å². The van der Waals surface area contributed by atoms with Gasteiger partial charge in [0, 0.05) is 36.2 Å². The molecule has 2 aromatic heterocycles. The summed E-state index contributed by atoms with van der Waals surface area (Å²) in [4.78, 5) is 21.6. The summed E-state index contributed by atoms with van der Waals surface area (Å²) in [6.45, 7) is 5.41. The van der Waals surface area contributed by atoms with Gasteiger partial charge in [-0.15, -0.1) is 11.6 Å². The molecule has 39 heavy (non-hydrogen) atoms. The van der Waals surface area contributed by atoms with Gasteiger partial charge in [0.1, 0.15) is 28.5 Å². The first-order valence-corrected chi connectivity index (χ1v) is 13.9. The van der Waals surface area contributed by atoms with Crippen LogP contribution in [0.3, 0.4) is 0 Å². The molecule has 3 N–H and O–H groups in total. The Labute approximate surface area is 238 Å². The maximum Gasteiger partial charge on any atom is 0.243 e. The molecule has 1 saturated carbocycles. The molecule has 1 aliphatic heterocycles. The number of amides is 1. The molecule has 3 aliphatic rings. The molecular formula is C28H33Cl2N5O4. The average Bonchev–Trinajstić information content (AvgIpc) is 3.78. The number of anilines is 2. The predicted octanol–water partition coefficient (Wildman–Crippen LogP) is 4.66. The zero-order valence-corrected chi connectivity index (χ0v) is 23.5. The van der Waals surface area contributed by atoms with Crippen molar-refractivity contribution in [3.05, 3.63) is 59.3 Å². The molecule has 0 spiro atoms. The number of nitrogens with zero attached hydrogens (tertiary/aromatic N) is 2. The molecule has 1 saturated heterocycles. The molecule has 11 heteroatoms. The highest BCUT2D eigenvalue weighted by molar-refractivity contribution is 6.33. The van der Waals surface area contributed by atoms with Crippen molar-refractivity contribution in [2.75, 3.05) is 44.6 Å². The monoisotopic (exact) mass is 573 g/mol. The van der Waals surface area contributed by atoms with E-state index in [0.29, 0.717) is 53.6 Å². The van der Waals surface area contributed by atoms with Gasteiger partial charge in [-0.1, -0.05) is 18.2 Å². The second-order valence-electron chi connectivity index (χ2n) is 9.99. The van der Waals surface area contributed by atoms with Crippen LogP contribution in [0.1, 0.15) is 30.9 Å². The third-order valence-electron chi connectivity index (χ3n) is 7.31. The van der Waals surface area contributed by atoms with Crippen LogP contribution < -0.4 is 16.0 Å². The average molecular weight is 575 g/mol. The van der Waals surface area contributed by atoms with Gasteiger partial charge in [-0.05, 0) is 43.4 Å². The van der Waals surface area contributed by atoms with Crippen LogP contribution in [0.25, 0.3) is 10.8 Å². The Balaban J connectivity index is 1.49. The number of halogens is 2. The molecule has 0 radical (unpaired) electrons.